The maximum atomic E-state index is 10.7. The third-order valence-corrected chi connectivity index (χ3v) is 11.4. The second-order valence-electron chi connectivity index (χ2n) is 6.61. The van der Waals surface area contributed by atoms with Gasteiger partial charge in [0.1, 0.15) is 0 Å². The fourth-order valence-electron chi connectivity index (χ4n) is 2.05. The normalized spacial score (nSPS) is 13.9. The molecule has 8 heteroatoms. The van der Waals surface area contributed by atoms with Gasteiger partial charge in [0, 0.05) is 0 Å². The van der Waals surface area contributed by atoms with Crippen LogP contribution >= 0.6 is 19.8 Å². The maximum Gasteiger partial charge on any atom is 0.485 e. The van der Waals surface area contributed by atoms with Crippen molar-refractivity contribution >= 4 is 29.9 Å². The van der Waals surface area contributed by atoms with Gasteiger partial charge in [0.2, 0.25) is 0 Å². The van der Waals surface area contributed by atoms with Gasteiger partial charge in [0.15, 0.2) is 10.1 Å². The predicted molar refractivity (Wildman–Crippen MR) is 94.4 cm³/mol. The van der Waals surface area contributed by atoms with E-state index in [9.17, 15) is 13.2 Å². The van der Waals surface area contributed by atoms with Crippen molar-refractivity contribution in [3.8, 4) is 0 Å². The Labute approximate surface area is 143 Å². The van der Waals surface area contributed by atoms with Crippen molar-refractivity contribution in [1.29, 1.82) is 0 Å². The summed E-state index contributed by atoms with van der Waals surface area (Å²) in [4.78, 5) is 0. The molecule has 1 aromatic rings. The quantitative estimate of drug-likeness (QED) is 0.253. The van der Waals surface area contributed by atoms with Crippen molar-refractivity contribution in [2.24, 2.45) is 0 Å². The Bertz CT molecular complexity index is 571. The summed E-state index contributed by atoms with van der Waals surface area (Å²) >= 11 is -1.17. The SMILES string of the molecule is CC(C)(C)I(c1ccccc1)C(C)(C)C.O=S(=O)([O-])C(F)(F)F. The van der Waals surface area contributed by atoms with Gasteiger partial charge in [-0.1, -0.05) is 0 Å². The van der Waals surface area contributed by atoms with Crippen LogP contribution in [0.2, 0.25) is 0 Å². The monoisotopic (exact) mass is 467 g/mol. The Morgan fingerprint density at radius 1 is 0.870 bits per heavy atom. The molecule has 0 fully saturated rings. The van der Waals surface area contributed by atoms with Crippen LogP contribution in [0.3, 0.4) is 0 Å². The first kappa shape index (κ1) is 22.6. The molecular formula is C15H23F3IO3S-. The minimum absolute atomic E-state index is 0.462. The van der Waals surface area contributed by atoms with Crippen LogP contribution in [0.1, 0.15) is 41.5 Å². The molecule has 0 spiro atoms. The predicted octanol–water partition coefficient (Wildman–Crippen LogP) is 5.01. The van der Waals surface area contributed by atoms with E-state index < -0.39 is 35.4 Å². The van der Waals surface area contributed by atoms with E-state index in [2.05, 4.69) is 71.9 Å². The molecule has 0 heterocycles. The molecular weight excluding hydrogens is 444 g/mol. The summed E-state index contributed by atoms with van der Waals surface area (Å²) < 4.78 is 61.4. The molecule has 3 nitrogen and oxygen atoms in total. The van der Waals surface area contributed by atoms with Gasteiger partial charge >= 0.3 is 108 Å². The van der Waals surface area contributed by atoms with E-state index in [1.54, 1.807) is 3.57 Å². The van der Waals surface area contributed by atoms with Gasteiger partial charge in [0.05, 0.1) is 0 Å². The minimum atomic E-state index is -6.09. The van der Waals surface area contributed by atoms with Gasteiger partial charge in [0.25, 0.3) is 0 Å². The molecule has 0 unspecified atom stereocenters. The smallest absolute Gasteiger partial charge is 0.485 e. The molecule has 0 radical (unpaired) electrons. The molecule has 0 saturated carbocycles. The molecule has 0 aliphatic rings. The summed E-state index contributed by atoms with van der Waals surface area (Å²) in [7, 11) is -6.09. The van der Waals surface area contributed by atoms with E-state index in [1.807, 2.05) is 0 Å². The largest absolute Gasteiger partial charge is 0.741 e. The summed E-state index contributed by atoms with van der Waals surface area (Å²) in [6.45, 7) is 14.4. The zero-order valence-corrected chi connectivity index (χ0v) is 17.0. The van der Waals surface area contributed by atoms with E-state index >= 15 is 0 Å². The van der Waals surface area contributed by atoms with Crippen molar-refractivity contribution in [2.45, 2.75) is 53.9 Å². The van der Waals surface area contributed by atoms with Crippen LogP contribution in [0.25, 0.3) is 0 Å². The van der Waals surface area contributed by atoms with Crippen LogP contribution in [-0.4, -0.2) is 25.3 Å². The molecule has 0 aromatic heterocycles. The van der Waals surface area contributed by atoms with Crippen molar-refractivity contribution in [3.63, 3.8) is 0 Å². The van der Waals surface area contributed by atoms with Crippen molar-refractivity contribution < 1.29 is 26.1 Å². The number of rotatable bonds is 1. The number of hydrogen-bond acceptors (Lipinski definition) is 3. The van der Waals surface area contributed by atoms with Crippen LogP contribution in [0, 0.1) is 3.57 Å². The second-order valence-corrected chi connectivity index (χ2v) is 17.3. The summed E-state index contributed by atoms with van der Waals surface area (Å²) in [6.07, 6.45) is 0. The summed E-state index contributed by atoms with van der Waals surface area (Å²) in [5.74, 6) is 0. The Hall–Kier alpha value is -0.350. The summed E-state index contributed by atoms with van der Waals surface area (Å²) in [6, 6.07) is 11.1. The molecule has 0 atom stereocenters. The fraction of sp³-hybridized carbons (Fsp3) is 0.600. The molecule has 136 valence electrons. The molecule has 1 rings (SSSR count). The average molecular weight is 467 g/mol. The Kier molecular flexibility index (Phi) is 7.57. The first-order chi connectivity index (χ1) is 9.98. The molecule has 0 N–H and O–H groups in total. The maximum absolute atomic E-state index is 10.7. The van der Waals surface area contributed by atoms with Crippen LogP contribution in [0.4, 0.5) is 13.2 Å². The number of benzene rings is 1. The van der Waals surface area contributed by atoms with Crippen molar-refractivity contribution in [3.05, 3.63) is 33.9 Å². The molecule has 0 saturated heterocycles. The van der Waals surface area contributed by atoms with E-state index in [4.69, 9.17) is 13.0 Å². The van der Waals surface area contributed by atoms with Gasteiger partial charge in [-0.3, -0.25) is 0 Å². The van der Waals surface area contributed by atoms with Crippen LogP contribution in [0.15, 0.2) is 30.3 Å². The third-order valence-electron chi connectivity index (χ3n) is 2.37. The van der Waals surface area contributed by atoms with Gasteiger partial charge in [-0.2, -0.15) is 13.2 Å². The third kappa shape index (κ3) is 7.84. The van der Waals surface area contributed by atoms with Gasteiger partial charge in [-0.15, -0.1) is 0 Å². The fourth-order valence-corrected chi connectivity index (χ4v) is 11.8. The van der Waals surface area contributed by atoms with E-state index in [1.165, 1.54) is 0 Å². The van der Waals surface area contributed by atoms with Crippen LogP contribution < -0.4 is 0 Å². The first-order valence-corrected chi connectivity index (χ1v) is 11.4. The Morgan fingerprint density at radius 2 is 1.17 bits per heavy atom. The standard InChI is InChI=1S/C14H23I.CHF3O3S/c1-13(2,3)15(14(4,5)6)12-10-8-7-9-11-12;2-1(3,4)8(5,6)7/h7-11H,1-6H3;(H,5,6,7)/p-1. The topological polar surface area (TPSA) is 57.2 Å². The average Bonchev–Trinajstić information content (AvgIpc) is 2.24. The second kappa shape index (κ2) is 7.69. The van der Waals surface area contributed by atoms with E-state index in [0.717, 1.165) is 0 Å². The number of halogens is 4. The van der Waals surface area contributed by atoms with Crippen LogP contribution in [-0.2, 0) is 10.1 Å². The zero-order valence-electron chi connectivity index (χ0n) is 14.0. The zero-order chi connectivity index (χ0) is 18.7. The van der Waals surface area contributed by atoms with E-state index in [-0.39, 0.29) is 0 Å². The van der Waals surface area contributed by atoms with Gasteiger partial charge in [-0.25, -0.2) is 8.42 Å². The molecule has 0 aliphatic carbocycles. The van der Waals surface area contributed by atoms with Gasteiger partial charge < -0.3 is 4.55 Å². The van der Waals surface area contributed by atoms with Crippen LogP contribution in [0.5, 0.6) is 0 Å². The van der Waals surface area contributed by atoms with E-state index in [0.29, 0.717) is 6.84 Å². The molecule has 23 heavy (non-hydrogen) atoms. The molecule has 0 bridgehead atoms. The number of alkyl halides is 5. The van der Waals surface area contributed by atoms with Gasteiger partial charge in [-0.05, 0) is 0 Å². The van der Waals surface area contributed by atoms with Crippen molar-refractivity contribution in [2.75, 3.05) is 0 Å². The Balaban J connectivity index is 0.000000515. The first-order valence-electron chi connectivity index (χ1n) is 6.75. The summed E-state index contributed by atoms with van der Waals surface area (Å²) in [5.41, 5.74) is -5.65. The summed E-state index contributed by atoms with van der Waals surface area (Å²) in [5, 5.41) is 0. The number of hydrogen-bond donors (Lipinski definition) is 0. The molecule has 1 aromatic carbocycles. The minimum Gasteiger partial charge on any atom is -0.741 e. The molecule has 0 amide bonds. The Morgan fingerprint density at radius 3 is 1.39 bits per heavy atom. The van der Waals surface area contributed by atoms with Crippen molar-refractivity contribution in [1.82, 2.24) is 0 Å². The molecule has 0 aliphatic heterocycles.